The number of aromatic hydroxyl groups is 3. The van der Waals surface area contributed by atoms with Gasteiger partial charge in [-0.15, -0.1) is 0 Å². The van der Waals surface area contributed by atoms with Crippen molar-refractivity contribution in [1.82, 2.24) is 4.90 Å². The number of aliphatic hydroxyl groups is 1. The van der Waals surface area contributed by atoms with Crippen LogP contribution in [0, 0.1) is 0 Å². The molecule has 4 N–H and O–H groups in total. The Balaban J connectivity index is 1.08. The molecule has 4 fully saturated rings. The molecule has 4 aliphatic heterocycles. The van der Waals surface area contributed by atoms with Crippen LogP contribution in [0.5, 0.6) is 17.2 Å². The Morgan fingerprint density at radius 2 is 1.53 bits per heavy atom. The summed E-state index contributed by atoms with van der Waals surface area (Å²) in [5.74, 6) is -6.42. The largest absolute Gasteiger partial charge is 0.507 e. The summed E-state index contributed by atoms with van der Waals surface area (Å²) in [6.07, 6.45) is -6.94. The minimum absolute atomic E-state index is 0.0363. The number of ether oxygens (including phenoxy) is 8. The monoisotopic (exact) mass is 825 g/mol. The molecule has 2 aliphatic carbocycles. The van der Waals surface area contributed by atoms with Gasteiger partial charge in [-0.1, -0.05) is 19.1 Å². The number of hydrogen-bond donors (Lipinski definition) is 4. The fourth-order valence-electron chi connectivity index (χ4n) is 9.80. The zero-order valence-electron chi connectivity index (χ0n) is 33.9. The van der Waals surface area contributed by atoms with Gasteiger partial charge >= 0.3 is 5.97 Å². The number of phenols is 3. The molecule has 0 saturated carbocycles. The molecule has 4 saturated heterocycles. The summed E-state index contributed by atoms with van der Waals surface area (Å²) >= 11 is 0. The lowest BCUT2D eigenvalue weighted by molar-refractivity contribution is -0.371. The number of nitrogens with zero attached hydrogens (tertiary/aromatic N) is 1. The third-order valence-electron chi connectivity index (χ3n) is 12.9. The van der Waals surface area contributed by atoms with E-state index in [0.29, 0.717) is 6.42 Å². The molecule has 59 heavy (non-hydrogen) atoms. The SMILES string of the molecule is CC[C@@]1(O)C[C@H](O[C@@H]2C[C@H](N(C)C)[C@@H](O[C@@H]3C[C@@H]4O[C@@H]5CC(=O)[C@@H](C)O[C@@H]5O[C@H]4[C@H](C)O3)[C@@H](C)O2)c2c(O)c3c(c(O)c2[C@@H]1C(=O)OC)C(=O)c1cccc(O)c1C3=O. The molecule has 14 atom stereocenters. The predicted octanol–water partition coefficient (Wildman–Crippen LogP) is 2.88. The minimum atomic E-state index is -1.92. The molecular weight excluding hydrogens is 774 g/mol. The second kappa shape index (κ2) is 15.5. The summed E-state index contributed by atoms with van der Waals surface area (Å²) in [4.78, 5) is 55.7. The van der Waals surface area contributed by atoms with E-state index in [1.807, 2.05) is 25.9 Å². The summed E-state index contributed by atoms with van der Waals surface area (Å²) in [5, 5.41) is 46.7. The average molecular weight is 826 g/mol. The van der Waals surface area contributed by atoms with Crippen molar-refractivity contribution in [1.29, 1.82) is 0 Å². The van der Waals surface area contributed by atoms with Gasteiger partial charge in [0, 0.05) is 48.4 Å². The number of likely N-dealkylation sites (N-methyl/N-ethyl adjacent to an activating group) is 1. The Kier molecular flexibility index (Phi) is 10.9. The third kappa shape index (κ3) is 6.84. The smallest absolute Gasteiger partial charge is 0.316 e. The van der Waals surface area contributed by atoms with E-state index in [2.05, 4.69) is 0 Å². The van der Waals surface area contributed by atoms with Gasteiger partial charge < -0.3 is 63.2 Å². The molecule has 8 rings (SSSR count). The van der Waals surface area contributed by atoms with Gasteiger partial charge in [-0.2, -0.15) is 0 Å². The molecule has 320 valence electrons. The lowest BCUT2D eigenvalue weighted by Crippen LogP contribution is -2.62. The fourth-order valence-corrected chi connectivity index (χ4v) is 9.80. The van der Waals surface area contributed by atoms with Crippen LogP contribution in [0.3, 0.4) is 0 Å². The van der Waals surface area contributed by atoms with Crippen LogP contribution in [-0.2, 0) is 47.5 Å². The van der Waals surface area contributed by atoms with Gasteiger partial charge in [-0.3, -0.25) is 19.2 Å². The number of Topliss-reactive ketones (excluding diaryl/α,β-unsaturated/α-hetero) is 1. The van der Waals surface area contributed by atoms with E-state index in [-0.39, 0.29) is 59.8 Å². The molecule has 0 unspecified atom stereocenters. The molecule has 0 radical (unpaired) electrons. The van der Waals surface area contributed by atoms with E-state index in [0.717, 1.165) is 7.11 Å². The Morgan fingerprint density at radius 3 is 2.22 bits per heavy atom. The van der Waals surface area contributed by atoms with E-state index < -0.39 is 125 Å². The van der Waals surface area contributed by atoms with Crippen molar-refractivity contribution in [3.63, 3.8) is 0 Å². The maximum absolute atomic E-state index is 14.0. The quantitative estimate of drug-likeness (QED) is 0.198. The van der Waals surface area contributed by atoms with Crippen molar-refractivity contribution in [2.75, 3.05) is 21.2 Å². The maximum Gasteiger partial charge on any atom is 0.316 e. The Morgan fingerprint density at radius 1 is 0.847 bits per heavy atom. The van der Waals surface area contributed by atoms with Crippen molar-refractivity contribution in [3.05, 3.63) is 51.6 Å². The van der Waals surface area contributed by atoms with Crippen LogP contribution >= 0.6 is 0 Å². The maximum atomic E-state index is 14.0. The first-order chi connectivity index (χ1) is 28.0. The van der Waals surface area contributed by atoms with Gasteiger partial charge in [0.15, 0.2) is 30.4 Å². The number of methoxy groups -OCH3 is 1. The number of rotatable bonds is 7. The first kappa shape index (κ1) is 41.7. The molecular formula is C42H51NO16. The van der Waals surface area contributed by atoms with Crippen molar-refractivity contribution >= 4 is 23.3 Å². The molecule has 17 heteroatoms. The highest BCUT2D eigenvalue weighted by Gasteiger charge is 2.56. The van der Waals surface area contributed by atoms with E-state index in [1.165, 1.54) is 18.2 Å². The number of fused-ring (bicyclic) bond motifs is 5. The van der Waals surface area contributed by atoms with Gasteiger partial charge in [0.25, 0.3) is 0 Å². The summed E-state index contributed by atoms with van der Waals surface area (Å²) in [6, 6.07) is 3.55. The number of ketones is 3. The van der Waals surface area contributed by atoms with Gasteiger partial charge in [-0.25, -0.2) is 0 Å². The van der Waals surface area contributed by atoms with E-state index in [1.54, 1.807) is 20.8 Å². The van der Waals surface area contributed by atoms with Crippen LogP contribution in [0.1, 0.15) is 115 Å². The number of carbonyl (C=O) groups is 4. The summed E-state index contributed by atoms with van der Waals surface area (Å²) in [6.45, 7) is 7.00. The van der Waals surface area contributed by atoms with Crippen LogP contribution in [0.15, 0.2) is 18.2 Å². The van der Waals surface area contributed by atoms with Gasteiger partial charge in [0.05, 0.1) is 53.8 Å². The molecule has 0 amide bonds. The van der Waals surface area contributed by atoms with Crippen LogP contribution in [0.4, 0.5) is 0 Å². The Labute approximate surface area is 340 Å². The highest BCUT2D eigenvalue weighted by atomic mass is 16.8. The van der Waals surface area contributed by atoms with Crippen molar-refractivity contribution in [2.45, 2.75) is 145 Å². The second-order valence-electron chi connectivity index (χ2n) is 16.7. The Bertz CT molecular complexity index is 2050. The van der Waals surface area contributed by atoms with Gasteiger partial charge in [0.2, 0.25) is 5.78 Å². The molecule has 2 aromatic rings. The summed E-state index contributed by atoms with van der Waals surface area (Å²) in [5.41, 5.74) is -4.11. The lowest BCUT2D eigenvalue weighted by Gasteiger charge is -2.51. The molecule has 4 heterocycles. The van der Waals surface area contributed by atoms with E-state index >= 15 is 0 Å². The highest BCUT2D eigenvalue weighted by Crippen LogP contribution is 2.57. The van der Waals surface area contributed by atoms with Crippen molar-refractivity contribution in [3.8, 4) is 17.2 Å². The zero-order valence-corrected chi connectivity index (χ0v) is 33.9. The predicted molar refractivity (Wildman–Crippen MR) is 201 cm³/mol. The summed E-state index contributed by atoms with van der Waals surface area (Å²) < 4.78 is 49.4. The molecule has 0 bridgehead atoms. The lowest BCUT2D eigenvalue weighted by atomic mass is 9.66. The second-order valence-corrected chi connectivity index (χ2v) is 16.7. The topological polar surface area (TPSA) is 226 Å². The number of benzene rings is 2. The third-order valence-corrected chi connectivity index (χ3v) is 12.9. The van der Waals surface area contributed by atoms with Crippen molar-refractivity contribution in [2.24, 2.45) is 0 Å². The van der Waals surface area contributed by atoms with Crippen LogP contribution in [0.2, 0.25) is 0 Å². The molecule has 0 spiro atoms. The van der Waals surface area contributed by atoms with Crippen LogP contribution in [-0.4, -0.2) is 143 Å². The number of esters is 1. The average Bonchev–Trinajstić information content (AvgIpc) is 3.18. The molecule has 17 nitrogen and oxygen atoms in total. The molecule has 0 aromatic heterocycles. The first-order valence-corrected chi connectivity index (χ1v) is 20.1. The van der Waals surface area contributed by atoms with Crippen LogP contribution < -0.4 is 0 Å². The number of carbonyl (C=O) groups excluding carboxylic acids is 4. The molecule has 2 aromatic carbocycles. The normalized spacial score (nSPS) is 37.8. The standard InChI is InChI=1S/C42H51NO16/c1-8-42(51)15-25(29-30(33(42)40(50)52-7)37(49)31-32(36(29)48)35(47)28-19(34(31)46)10-9-11-21(28)44)57-26-12-20(43(5)6)38(17(3)53-26)58-27-14-23-39(18(4)54-27)59-41-24(56-23)13-22(45)16(2)55-41/h9-11,16-18,20,23-27,33,38-39,41,44,48-49,51H,8,12-15H2,1-7H3/t16-,17-,18+,20+,23+,24-,25+,26-,27-,33-,38+,39+,41-,42-/m1/s1. The van der Waals surface area contributed by atoms with E-state index in [4.69, 9.17) is 37.9 Å². The minimum Gasteiger partial charge on any atom is -0.507 e. The van der Waals surface area contributed by atoms with Gasteiger partial charge in [-0.05, 0) is 47.4 Å². The first-order valence-electron chi connectivity index (χ1n) is 20.1. The van der Waals surface area contributed by atoms with Gasteiger partial charge in [0.1, 0.15) is 47.6 Å². The number of phenolic OH excluding ortho intramolecular Hbond substituents is 3. The van der Waals surface area contributed by atoms with Crippen LogP contribution in [0.25, 0.3) is 0 Å². The Hall–Kier alpha value is -4.04. The highest BCUT2D eigenvalue weighted by molar-refractivity contribution is 6.31. The summed E-state index contributed by atoms with van der Waals surface area (Å²) in [7, 11) is 4.85. The zero-order chi connectivity index (χ0) is 42.4. The molecule has 6 aliphatic rings. The van der Waals surface area contributed by atoms with E-state index in [9.17, 15) is 39.6 Å². The fraction of sp³-hybridized carbons (Fsp3) is 0.619. The number of hydrogen-bond acceptors (Lipinski definition) is 17. The van der Waals surface area contributed by atoms with Crippen molar-refractivity contribution < 1.29 is 77.5 Å².